The summed E-state index contributed by atoms with van der Waals surface area (Å²) in [6.45, 7) is 1.62. The fourth-order valence-electron chi connectivity index (χ4n) is 3.80. The van der Waals surface area contributed by atoms with E-state index < -0.39 is 25.9 Å². The van der Waals surface area contributed by atoms with E-state index in [1.807, 2.05) is 0 Å². The number of hydrogen-bond acceptors (Lipinski definition) is 6. The lowest BCUT2D eigenvalue weighted by molar-refractivity contribution is 0.0697. The molecular weight excluding hydrogens is 473 g/mol. The van der Waals surface area contributed by atoms with Crippen LogP contribution in [0.3, 0.4) is 0 Å². The van der Waals surface area contributed by atoms with Gasteiger partial charge in [0.2, 0.25) is 20.0 Å². The maximum atomic E-state index is 13.1. The molecule has 2 aliphatic heterocycles. The second-order valence-electron chi connectivity index (χ2n) is 7.69. The zero-order valence-corrected chi connectivity index (χ0v) is 19.4. The van der Waals surface area contributed by atoms with E-state index in [1.54, 1.807) is 6.07 Å². The van der Waals surface area contributed by atoms with Gasteiger partial charge in [-0.2, -0.15) is 8.61 Å². The van der Waals surface area contributed by atoms with Gasteiger partial charge in [0.25, 0.3) is 5.91 Å². The second-order valence-corrected chi connectivity index (χ2v) is 11.6. The van der Waals surface area contributed by atoms with Crippen molar-refractivity contribution in [3.05, 3.63) is 59.9 Å². The molecule has 0 radical (unpaired) electrons. The van der Waals surface area contributed by atoms with Gasteiger partial charge in [-0.05, 0) is 42.5 Å². The number of sulfonamides is 2. The molecule has 2 aromatic carbocycles. The molecular formula is C21H24FN3O6S2. The summed E-state index contributed by atoms with van der Waals surface area (Å²) < 4.78 is 72.3. The third-order valence-corrected chi connectivity index (χ3v) is 9.47. The number of halogens is 1. The van der Waals surface area contributed by atoms with Crippen LogP contribution in [0.5, 0.6) is 0 Å². The standard InChI is InChI=1S/C21H24FN3O6S2/c22-18-4-6-19(7-5-18)32(27,28)24-10-8-23(9-11-24)21(26)17-2-1-3-20(16-17)33(29,30)25-12-14-31-15-13-25/h1-7,16H,8-15H2. The first-order valence-corrected chi connectivity index (χ1v) is 13.3. The first-order chi connectivity index (χ1) is 15.7. The fraction of sp³-hybridized carbons (Fsp3) is 0.381. The highest BCUT2D eigenvalue weighted by molar-refractivity contribution is 7.89. The summed E-state index contributed by atoms with van der Waals surface area (Å²) in [5.74, 6) is -0.893. The molecule has 2 aliphatic rings. The topological polar surface area (TPSA) is 104 Å². The molecule has 2 heterocycles. The zero-order valence-electron chi connectivity index (χ0n) is 17.8. The third kappa shape index (κ3) is 4.94. The maximum Gasteiger partial charge on any atom is 0.253 e. The summed E-state index contributed by atoms with van der Waals surface area (Å²) in [5.41, 5.74) is 0.221. The number of amides is 1. The number of ether oxygens (including phenoxy) is 1. The Morgan fingerprint density at radius 1 is 0.758 bits per heavy atom. The van der Waals surface area contributed by atoms with E-state index >= 15 is 0 Å². The van der Waals surface area contributed by atoms with Crippen LogP contribution in [0, 0.1) is 5.82 Å². The zero-order chi connectivity index (χ0) is 23.6. The number of carbonyl (C=O) groups is 1. The van der Waals surface area contributed by atoms with E-state index in [2.05, 4.69) is 0 Å². The van der Waals surface area contributed by atoms with Gasteiger partial charge < -0.3 is 9.64 Å². The smallest absolute Gasteiger partial charge is 0.253 e. The predicted octanol–water partition coefficient (Wildman–Crippen LogP) is 0.993. The molecule has 0 saturated carbocycles. The first-order valence-electron chi connectivity index (χ1n) is 10.4. The number of nitrogens with zero attached hydrogens (tertiary/aromatic N) is 3. The average Bonchev–Trinajstić information content (AvgIpc) is 2.84. The summed E-state index contributed by atoms with van der Waals surface area (Å²) in [7, 11) is -7.54. The van der Waals surface area contributed by atoms with Crippen molar-refractivity contribution in [3.63, 3.8) is 0 Å². The Bertz CT molecular complexity index is 1220. The lowest BCUT2D eigenvalue weighted by Gasteiger charge is -2.34. The van der Waals surface area contributed by atoms with Crippen LogP contribution in [-0.2, 0) is 24.8 Å². The van der Waals surface area contributed by atoms with Crippen molar-refractivity contribution in [2.75, 3.05) is 52.5 Å². The highest BCUT2D eigenvalue weighted by Gasteiger charge is 2.31. The summed E-state index contributed by atoms with van der Waals surface area (Å²) in [5, 5.41) is 0. The Labute approximate surface area is 192 Å². The molecule has 33 heavy (non-hydrogen) atoms. The highest BCUT2D eigenvalue weighted by atomic mass is 32.2. The third-order valence-electron chi connectivity index (χ3n) is 5.67. The SMILES string of the molecule is O=C(c1cccc(S(=O)(=O)N2CCOCC2)c1)N1CCN(S(=O)(=O)c2ccc(F)cc2)CC1. The van der Waals surface area contributed by atoms with Gasteiger partial charge >= 0.3 is 0 Å². The number of hydrogen-bond donors (Lipinski definition) is 0. The summed E-state index contributed by atoms with van der Waals surface area (Å²) in [6, 6.07) is 10.5. The van der Waals surface area contributed by atoms with Crippen molar-refractivity contribution in [2.24, 2.45) is 0 Å². The van der Waals surface area contributed by atoms with Crippen molar-refractivity contribution in [1.82, 2.24) is 13.5 Å². The van der Waals surface area contributed by atoms with E-state index in [1.165, 1.54) is 43.8 Å². The molecule has 2 aromatic rings. The van der Waals surface area contributed by atoms with E-state index in [0.29, 0.717) is 13.2 Å². The normalized spacial score (nSPS) is 18.9. The van der Waals surface area contributed by atoms with Crippen LogP contribution in [0.1, 0.15) is 10.4 Å². The van der Waals surface area contributed by atoms with Gasteiger partial charge in [0, 0.05) is 44.8 Å². The molecule has 0 spiro atoms. The van der Waals surface area contributed by atoms with Crippen LogP contribution in [0.25, 0.3) is 0 Å². The molecule has 0 bridgehead atoms. The Balaban J connectivity index is 1.45. The van der Waals surface area contributed by atoms with Crippen molar-refractivity contribution in [3.8, 4) is 0 Å². The minimum absolute atomic E-state index is 0.00954. The van der Waals surface area contributed by atoms with Crippen LogP contribution in [0.4, 0.5) is 4.39 Å². The molecule has 9 nitrogen and oxygen atoms in total. The molecule has 178 valence electrons. The predicted molar refractivity (Wildman–Crippen MR) is 117 cm³/mol. The van der Waals surface area contributed by atoms with Gasteiger partial charge in [0.05, 0.1) is 23.0 Å². The van der Waals surface area contributed by atoms with Crippen LogP contribution < -0.4 is 0 Å². The molecule has 0 N–H and O–H groups in total. The van der Waals surface area contributed by atoms with Gasteiger partial charge in [-0.3, -0.25) is 4.79 Å². The Hall–Kier alpha value is -2.38. The van der Waals surface area contributed by atoms with Crippen LogP contribution >= 0.6 is 0 Å². The fourth-order valence-corrected chi connectivity index (χ4v) is 6.67. The molecule has 1 amide bonds. The van der Waals surface area contributed by atoms with Gasteiger partial charge in [0.1, 0.15) is 5.82 Å². The van der Waals surface area contributed by atoms with E-state index in [4.69, 9.17) is 4.74 Å². The van der Waals surface area contributed by atoms with Crippen molar-refractivity contribution in [2.45, 2.75) is 9.79 Å². The van der Waals surface area contributed by atoms with Crippen molar-refractivity contribution >= 4 is 26.0 Å². The molecule has 4 rings (SSSR count). The molecule has 0 atom stereocenters. The Morgan fingerprint density at radius 3 is 1.97 bits per heavy atom. The highest BCUT2D eigenvalue weighted by Crippen LogP contribution is 2.21. The van der Waals surface area contributed by atoms with E-state index in [9.17, 15) is 26.0 Å². The summed E-state index contributed by atoms with van der Waals surface area (Å²) in [4.78, 5) is 14.5. The molecule has 0 unspecified atom stereocenters. The van der Waals surface area contributed by atoms with Gasteiger partial charge in [-0.15, -0.1) is 0 Å². The van der Waals surface area contributed by atoms with Crippen LogP contribution in [-0.4, -0.2) is 88.7 Å². The summed E-state index contributed by atoms with van der Waals surface area (Å²) in [6.07, 6.45) is 0. The monoisotopic (exact) mass is 497 g/mol. The van der Waals surface area contributed by atoms with Crippen molar-refractivity contribution in [1.29, 1.82) is 0 Å². The molecule has 0 aliphatic carbocycles. The van der Waals surface area contributed by atoms with Gasteiger partial charge in [-0.1, -0.05) is 6.07 Å². The van der Waals surface area contributed by atoms with Gasteiger partial charge in [0.15, 0.2) is 0 Å². The number of piperazine rings is 1. The minimum Gasteiger partial charge on any atom is -0.379 e. The van der Waals surface area contributed by atoms with Gasteiger partial charge in [-0.25, -0.2) is 21.2 Å². The molecule has 12 heteroatoms. The second kappa shape index (κ2) is 9.47. The van der Waals surface area contributed by atoms with Crippen LogP contribution in [0.2, 0.25) is 0 Å². The Morgan fingerprint density at radius 2 is 1.33 bits per heavy atom. The average molecular weight is 498 g/mol. The quantitative estimate of drug-likeness (QED) is 0.610. The number of rotatable bonds is 5. The Kier molecular flexibility index (Phi) is 6.82. The minimum atomic E-state index is -3.80. The lowest BCUT2D eigenvalue weighted by atomic mass is 10.2. The van der Waals surface area contributed by atoms with Crippen LogP contribution in [0.15, 0.2) is 58.3 Å². The van der Waals surface area contributed by atoms with E-state index in [0.717, 1.165) is 12.1 Å². The summed E-state index contributed by atoms with van der Waals surface area (Å²) >= 11 is 0. The van der Waals surface area contributed by atoms with Crippen molar-refractivity contribution < 1.29 is 30.8 Å². The first kappa shape index (κ1) is 23.8. The number of morpholine rings is 1. The molecule has 2 saturated heterocycles. The molecule has 2 fully saturated rings. The lowest BCUT2D eigenvalue weighted by Crippen LogP contribution is -2.50. The number of carbonyl (C=O) groups excluding carboxylic acids is 1. The van der Waals surface area contributed by atoms with E-state index in [-0.39, 0.29) is 60.5 Å². The number of benzene rings is 2. The molecule has 0 aromatic heterocycles. The largest absolute Gasteiger partial charge is 0.379 e. The maximum absolute atomic E-state index is 13.1.